The summed E-state index contributed by atoms with van der Waals surface area (Å²) in [5.74, 6) is -0.666. The number of hydrogen-bond donors (Lipinski definition) is 2. The summed E-state index contributed by atoms with van der Waals surface area (Å²) in [5, 5.41) is 30.7. The summed E-state index contributed by atoms with van der Waals surface area (Å²) in [6, 6.07) is 7.12. The number of rotatable bonds is 6. The van der Waals surface area contributed by atoms with Gasteiger partial charge in [-0.3, -0.25) is 9.59 Å². The molecule has 2 aliphatic rings. The van der Waals surface area contributed by atoms with Crippen LogP contribution in [0.2, 0.25) is 5.02 Å². The third kappa shape index (κ3) is 5.72. The number of aromatic nitrogens is 2. The molecule has 1 aliphatic carbocycles. The molecule has 0 atom stereocenters. The van der Waals surface area contributed by atoms with E-state index in [9.17, 15) is 9.59 Å². The molecule has 4 rings (SSSR count). The van der Waals surface area contributed by atoms with Crippen LogP contribution in [0.25, 0.3) is 0 Å². The minimum Gasteiger partial charge on any atom is -0.490 e. The molecule has 0 unspecified atom stereocenters. The van der Waals surface area contributed by atoms with Crippen LogP contribution >= 0.6 is 22.9 Å². The number of carboxylic acids is 1. The molecular weight excluding hydrogens is 466 g/mol. The van der Waals surface area contributed by atoms with Crippen LogP contribution in [0.3, 0.4) is 0 Å². The Morgan fingerprint density at radius 1 is 1.18 bits per heavy atom. The number of anilines is 1. The van der Waals surface area contributed by atoms with Gasteiger partial charge < -0.3 is 20.1 Å². The standard InChI is InChI=1S/C22H24ClN5O4S/c23-18-11-17(4-1-14(18)12-24)32-16-5-2-15(3-6-16)25-19(29)20-26-27-22(33-20)28-9-7-13(8-10-28)21(30)31/h1,4,11,13,15-16H,2-3,5-10H2,(H,25,29)(H,30,31). The molecule has 174 valence electrons. The number of nitrogens with zero attached hydrogens (tertiary/aromatic N) is 4. The van der Waals surface area contributed by atoms with Crippen LogP contribution < -0.4 is 15.0 Å². The molecule has 2 heterocycles. The quantitative estimate of drug-likeness (QED) is 0.631. The lowest BCUT2D eigenvalue weighted by atomic mass is 9.93. The number of amides is 1. The fourth-order valence-corrected chi connectivity index (χ4v) is 5.19. The van der Waals surface area contributed by atoms with E-state index in [1.807, 2.05) is 11.0 Å². The number of nitrogens with one attached hydrogen (secondary N) is 1. The van der Waals surface area contributed by atoms with Crippen LogP contribution in [0.15, 0.2) is 18.2 Å². The molecule has 2 aromatic rings. The first-order valence-electron chi connectivity index (χ1n) is 10.9. The van der Waals surface area contributed by atoms with Gasteiger partial charge in [0.05, 0.1) is 22.6 Å². The first kappa shape index (κ1) is 23.3. The second kappa shape index (κ2) is 10.4. The van der Waals surface area contributed by atoms with Gasteiger partial charge in [0.1, 0.15) is 11.8 Å². The number of carbonyl (C=O) groups is 2. The Morgan fingerprint density at radius 3 is 2.55 bits per heavy atom. The van der Waals surface area contributed by atoms with Gasteiger partial charge in [-0.1, -0.05) is 22.9 Å². The van der Waals surface area contributed by atoms with E-state index in [2.05, 4.69) is 15.5 Å². The van der Waals surface area contributed by atoms with Crippen molar-refractivity contribution < 1.29 is 19.4 Å². The lowest BCUT2D eigenvalue weighted by molar-refractivity contribution is -0.142. The molecule has 2 fully saturated rings. The van der Waals surface area contributed by atoms with E-state index in [4.69, 9.17) is 26.7 Å². The van der Waals surface area contributed by atoms with Crippen LogP contribution in [-0.4, -0.2) is 52.4 Å². The van der Waals surface area contributed by atoms with E-state index < -0.39 is 5.97 Å². The molecule has 1 saturated carbocycles. The zero-order chi connectivity index (χ0) is 23.4. The van der Waals surface area contributed by atoms with Crippen molar-refractivity contribution in [2.75, 3.05) is 18.0 Å². The topological polar surface area (TPSA) is 128 Å². The maximum absolute atomic E-state index is 12.6. The van der Waals surface area contributed by atoms with Gasteiger partial charge in [0, 0.05) is 25.2 Å². The normalized spacial score (nSPS) is 21.3. The van der Waals surface area contributed by atoms with Crippen molar-refractivity contribution in [1.29, 1.82) is 5.26 Å². The smallest absolute Gasteiger partial charge is 0.306 e. The molecule has 1 aromatic carbocycles. The molecule has 1 saturated heterocycles. The lowest BCUT2D eigenvalue weighted by Gasteiger charge is -2.29. The fraction of sp³-hybridized carbons (Fsp3) is 0.500. The molecule has 0 spiro atoms. The van der Waals surface area contributed by atoms with Crippen LogP contribution in [0, 0.1) is 17.2 Å². The van der Waals surface area contributed by atoms with E-state index in [1.165, 1.54) is 11.3 Å². The molecule has 1 amide bonds. The largest absolute Gasteiger partial charge is 0.490 e. The highest BCUT2D eigenvalue weighted by molar-refractivity contribution is 7.17. The second-order valence-electron chi connectivity index (χ2n) is 8.31. The van der Waals surface area contributed by atoms with Gasteiger partial charge in [-0.15, -0.1) is 10.2 Å². The monoisotopic (exact) mass is 489 g/mol. The van der Waals surface area contributed by atoms with Crippen molar-refractivity contribution in [2.24, 2.45) is 5.92 Å². The van der Waals surface area contributed by atoms with Gasteiger partial charge >= 0.3 is 5.97 Å². The Bertz CT molecular complexity index is 1060. The molecule has 2 N–H and O–H groups in total. The maximum Gasteiger partial charge on any atom is 0.306 e. The Hall–Kier alpha value is -2.90. The van der Waals surface area contributed by atoms with Crippen LogP contribution in [0.5, 0.6) is 5.75 Å². The Kier molecular flexibility index (Phi) is 7.30. The third-order valence-corrected chi connectivity index (χ3v) is 7.39. The number of carboxylic acid groups (broad SMARTS) is 1. The number of benzene rings is 1. The number of ether oxygens (including phenoxy) is 1. The molecule has 0 bridgehead atoms. The number of halogens is 1. The zero-order valence-corrected chi connectivity index (χ0v) is 19.4. The van der Waals surface area contributed by atoms with Gasteiger partial charge in [0.15, 0.2) is 0 Å². The summed E-state index contributed by atoms with van der Waals surface area (Å²) in [4.78, 5) is 25.7. The highest BCUT2D eigenvalue weighted by Crippen LogP contribution is 2.29. The van der Waals surface area contributed by atoms with Crippen LogP contribution in [0.1, 0.15) is 53.9 Å². The van der Waals surface area contributed by atoms with E-state index in [-0.39, 0.29) is 24.0 Å². The van der Waals surface area contributed by atoms with Gasteiger partial charge in [0.25, 0.3) is 5.91 Å². The Morgan fingerprint density at radius 2 is 1.91 bits per heavy atom. The Labute approximate surface area is 200 Å². The van der Waals surface area contributed by atoms with E-state index >= 15 is 0 Å². The number of nitriles is 1. The molecule has 9 nitrogen and oxygen atoms in total. The van der Waals surface area contributed by atoms with E-state index in [1.54, 1.807) is 18.2 Å². The van der Waals surface area contributed by atoms with Gasteiger partial charge in [0.2, 0.25) is 10.1 Å². The van der Waals surface area contributed by atoms with Gasteiger partial charge in [-0.25, -0.2) is 0 Å². The molecule has 0 radical (unpaired) electrons. The summed E-state index contributed by atoms with van der Waals surface area (Å²) in [6.07, 6.45) is 4.32. The lowest BCUT2D eigenvalue weighted by Crippen LogP contribution is -2.39. The van der Waals surface area contributed by atoms with Gasteiger partial charge in [-0.2, -0.15) is 5.26 Å². The van der Waals surface area contributed by atoms with Crippen molar-refractivity contribution in [3.63, 3.8) is 0 Å². The van der Waals surface area contributed by atoms with Crippen molar-refractivity contribution in [3.05, 3.63) is 33.8 Å². The number of piperidine rings is 1. The van der Waals surface area contributed by atoms with Crippen LogP contribution in [0.4, 0.5) is 5.13 Å². The SMILES string of the molecule is N#Cc1ccc(OC2CCC(NC(=O)c3nnc(N4CCC(C(=O)O)CC4)s3)CC2)cc1Cl. The van der Waals surface area contributed by atoms with Crippen molar-refractivity contribution in [1.82, 2.24) is 15.5 Å². The highest BCUT2D eigenvalue weighted by atomic mass is 35.5. The predicted molar refractivity (Wildman–Crippen MR) is 123 cm³/mol. The first-order chi connectivity index (χ1) is 15.9. The summed E-state index contributed by atoms with van der Waals surface area (Å²) in [5.41, 5.74) is 0.417. The van der Waals surface area contributed by atoms with Gasteiger partial charge in [-0.05, 0) is 50.7 Å². The predicted octanol–water partition coefficient (Wildman–Crippen LogP) is 3.48. The maximum atomic E-state index is 12.6. The molecule has 1 aromatic heterocycles. The van der Waals surface area contributed by atoms with E-state index in [0.717, 1.165) is 25.7 Å². The molecule has 33 heavy (non-hydrogen) atoms. The summed E-state index contributed by atoms with van der Waals surface area (Å²) < 4.78 is 6.00. The summed E-state index contributed by atoms with van der Waals surface area (Å²) in [6.45, 7) is 1.20. The van der Waals surface area contributed by atoms with Crippen molar-refractivity contribution >= 4 is 39.9 Å². The average Bonchev–Trinajstić information content (AvgIpc) is 3.31. The number of aliphatic carboxylic acids is 1. The minimum atomic E-state index is -0.757. The molecule has 1 aliphatic heterocycles. The Balaban J connectivity index is 1.24. The molecular formula is C22H24ClN5O4S. The third-order valence-electron chi connectivity index (χ3n) is 6.10. The van der Waals surface area contributed by atoms with Crippen LogP contribution in [-0.2, 0) is 4.79 Å². The molecule has 11 heteroatoms. The highest BCUT2D eigenvalue weighted by Gasteiger charge is 2.28. The van der Waals surface area contributed by atoms with Crippen molar-refractivity contribution in [3.8, 4) is 11.8 Å². The summed E-state index contributed by atoms with van der Waals surface area (Å²) in [7, 11) is 0. The minimum absolute atomic E-state index is 0.0315. The zero-order valence-electron chi connectivity index (χ0n) is 17.9. The fourth-order valence-electron chi connectivity index (χ4n) is 4.18. The summed E-state index contributed by atoms with van der Waals surface area (Å²) >= 11 is 7.31. The average molecular weight is 490 g/mol. The number of hydrogen-bond acceptors (Lipinski definition) is 8. The van der Waals surface area contributed by atoms with E-state index in [0.29, 0.717) is 52.4 Å². The van der Waals surface area contributed by atoms with Crippen molar-refractivity contribution in [2.45, 2.75) is 50.7 Å². The second-order valence-corrected chi connectivity index (χ2v) is 9.67. The number of carbonyl (C=O) groups excluding carboxylic acids is 1. The first-order valence-corrected chi connectivity index (χ1v) is 12.1.